The van der Waals surface area contributed by atoms with Gasteiger partial charge in [0.05, 0.1) is 46.8 Å². The third kappa shape index (κ3) is 12.0. The highest BCUT2D eigenvalue weighted by atomic mass is 19.1. The van der Waals surface area contributed by atoms with E-state index >= 15 is 0 Å². The van der Waals surface area contributed by atoms with Crippen LogP contribution in [0, 0.1) is 25.5 Å². The van der Waals surface area contributed by atoms with Crippen LogP contribution in [0.15, 0.2) is 134 Å². The van der Waals surface area contributed by atoms with Crippen LogP contribution in [0.1, 0.15) is 69.7 Å². The Morgan fingerprint density at radius 3 is 1.42 bits per heavy atom. The van der Waals surface area contributed by atoms with E-state index in [0.29, 0.717) is 42.0 Å². The van der Waals surface area contributed by atoms with Gasteiger partial charge in [0.15, 0.2) is 0 Å². The summed E-state index contributed by atoms with van der Waals surface area (Å²) in [5.41, 5.74) is 7.84. The Bertz CT molecular complexity index is 3050. The first-order valence-electron chi connectivity index (χ1n) is 23.8. The second-order valence-electron chi connectivity index (χ2n) is 18.7. The number of hydrogen-bond acceptors (Lipinski definition) is 11. The van der Waals surface area contributed by atoms with Crippen molar-refractivity contribution in [3.05, 3.63) is 157 Å². The smallest absolute Gasteiger partial charge is 0.410 e. The fourth-order valence-corrected chi connectivity index (χ4v) is 8.63. The molecular weight excluding hydrogens is 903 g/mol. The molecule has 16 heteroatoms. The molecule has 6 heterocycles. The van der Waals surface area contributed by atoms with Gasteiger partial charge in [-0.3, -0.25) is 0 Å². The predicted octanol–water partition coefficient (Wildman–Crippen LogP) is 12.0. The molecule has 4 aromatic carbocycles. The molecule has 2 fully saturated rings. The van der Waals surface area contributed by atoms with Crippen molar-refractivity contribution in [2.75, 3.05) is 26.2 Å². The van der Waals surface area contributed by atoms with E-state index in [-0.39, 0.29) is 35.8 Å². The number of benzene rings is 4. The summed E-state index contributed by atoms with van der Waals surface area (Å²) in [5, 5.41) is 3.41. The first-order chi connectivity index (χ1) is 34.3. The number of amides is 1. The van der Waals surface area contributed by atoms with Crippen LogP contribution >= 0.6 is 0 Å². The Labute approximate surface area is 411 Å². The predicted molar refractivity (Wildman–Crippen MR) is 267 cm³/mol. The van der Waals surface area contributed by atoms with Gasteiger partial charge in [-0.05, 0) is 158 Å². The maximum atomic E-state index is 13.7. The summed E-state index contributed by atoms with van der Waals surface area (Å²) in [6.07, 6.45) is 10.2. The molecule has 10 rings (SSSR count). The van der Waals surface area contributed by atoms with E-state index in [1.165, 1.54) is 24.3 Å². The molecule has 8 aromatic rings. The van der Waals surface area contributed by atoms with E-state index in [4.69, 9.17) is 34.1 Å². The summed E-state index contributed by atoms with van der Waals surface area (Å²) in [5.74, 6) is 0.729. The molecule has 0 atom stereocenters. The van der Waals surface area contributed by atoms with Crippen LogP contribution in [0.4, 0.5) is 13.6 Å². The molecule has 0 radical (unpaired) electrons. The SMILES string of the molecule is Cc1ccc(Oc2nccc(-c3c(-c4ccc(F)cc4)ncn3C3CCN(C(=O)OC(C)(C)C)CC3)n2)cc1.Cc1ccc(Oc2nccc(-c3c(-c4ccc(F)cc4)ncn3C3CCNCC3)n2)cc1. The number of aryl methyl sites for hydroxylation is 2. The number of carbonyl (C=O) groups is 1. The average molecular weight is 959 g/mol. The second-order valence-corrected chi connectivity index (χ2v) is 18.7. The highest BCUT2D eigenvalue weighted by Gasteiger charge is 2.30. The summed E-state index contributed by atoms with van der Waals surface area (Å²) in [4.78, 5) is 41.8. The molecule has 2 aliphatic heterocycles. The molecule has 1 N–H and O–H groups in total. The van der Waals surface area contributed by atoms with Gasteiger partial charge in [-0.2, -0.15) is 9.97 Å². The summed E-state index contributed by atoms with van der Waals surface area (Å²) in [7, 11) is 0. The largest absolute Gasteiger partial charge is 0.444 e. The molecule has 0 aliphatic carbocycles. The third-order valence-corrected chi connectivity index (χ3v) is 12.2. The van der Waals surface area contributed by atoms with Crippen molar-refractivity contribution in [1.29, 1.82) is 0 Å². The molecule has 0 bridgehead atoms. The maximum absolute atomic E-state index is 13.7. The van der Waals surface area contributed by atoms with Gasteiger partial charge in [0.1, 0.15) is 28.7 Å². The third-order valence-electron chi connectivity index (χ3n) is 12.2. The van der Waals surface area contributed by atoms with Crippen LogP contribution in [-0.4, -0.2) is 81.8 Å². The zero-order valence-electron chi connectivity index (χ0n) is 40.4. The van der Waals surface area contributed by atoms with Crippen molar-refractivity contribution in [3.63, 3.8) is 0 Å². The topological polar surface area (TPSA) is 147 Å². The number of ether oxygens (including phenoxy) is 3. The van der Waals surface area contributed by atoms with Crippen molar-refractivity contribution >= 4 is 6.09 Å². The van der Waals surface area contributed by atoms with E-state index in [9.17, 15) is 13.6 Å². The van der Waals surface area contributed by atoms with Gasteiger partial charge in [-0.15, -0.1) is 0 Å². The normalized spacial score (nSPS) is 14.4. The Hall–Kier alpha value is -7.85. The van der Waals surface area contributed by atoms with Crippen LogP contribution < -0.4 is 14.8 Å². The average Bonchev–Trinajstić information content (AvgIpc) is 4.03. The first kappa shape index (κ1) is 48.2. The fraction of sp³-hybridized carbons (Fsp3) is 0.291. The monoisotopic (exact) mass is 958 g/mol. The summed E-state index contributed by atoms with van der Waals surface area (Å²) in [6, 6.07) is 32.7. The minimum atomic E-state index is -0.541. The van der Waals surface area contributed by atoms with E-state index < -0.39 is 5.60 Å². The van der Waals surface area contributed by atoms with Crippen molar-refractivity contribution in [2.24, 2.45) is 0 Å². The number of imidazole rings is 2. The number of carbonyl (C=O) groups excluding carboxylic acids is 1. The van der Waals surface area contributed by atoms with Gasteiger partial charge < -0.3 is 33.6 Å². The van der Waals surface area contributed by atoms with Gasteiger partial charge in [0.25, 0.3) is 0 Å². The van der Waals surface area contributed by atoms with Crippen molar-refractivity contribution < 1.29 is 27.8 Å². The van der Waals surface area contributed by atoms with E-state index in [1.54, 1.807) is 47.9 Å². The number of aromatic nitrogens is 8. The summed E-state index contributed by atoms with van der Waals surface area (Å²) in [6.45, 7) is 12.7. The summed E-state index contributed by atoms with van der Waals surface area (Å²) < 4.78 is 48.9. The zero-order valence-corrected chi connectivity index (χ0v) is 40.4. The maximum Gasteiger partial charge on any atom is 0.410 e. The number of piperidine rings is 2. The lowest BCUT2D eigenvalue weighted by Gasteiger charge is -2.34. The highest BCUT2D eigenvalue weighted by Crippen LogP contribution is 2.38. The summed E-state index contributed by atoms with van der Waals surface area (Å²) >= 11 is 0. The minimum Gasteiger partial charge on any atom is -0.444 e. The Kier molecular flexibility index (Phi) is 14.5. The quantitative estimate of drug-likeness (QED) is 0.140. The molecule has 2 aliphatic rings. The number of hydrogen-bond donors (Lipinski definition) is 1. The van der Waals surface area contributed by atoms with Crippen molar-refractivity contribution in [2.45, 2.75) is 78.0 Å². The van der Waals surface area contributed by atoms with Crippen molar-refractivity contribution in [1.82, 2.24) is 49.3 Å². The number of nitrogens with zero attached hydrogens (tertiary/aromatic N) is 9. The highest BCUT2D eigenvalue weighted by molar-refractivity contribution is 5.78. The number of rotatable bonds is 10. The Morgan fingerprint density at radius 2 is 1.00 bits per heavy atom. The molecule has 0 unspecified atom stereocenters. The van der Waals surface area contributed by atoms with E-state index in [0.717, 1.165) is 83.8 Å². The van der Waals surface area contributed by atoms with Gasteiger partial charge in [0.2, 0.25) is 0 Å². The minimum absolute atomic E-state index is 0.0804. The van der Waals surface area contributed by atoms with Crippen LogP contribution in [0.5, 0.6) is 23.5 Å². The molecule has 2 saturated heterocycles. The Balaban J connectivity index is 0.000000179. The van der Waals surface area contributed by atoms with Gasteiger partial charge in [-0.25, -0.2) is 33.5 Å². The standard InChI is InChI=1S/C30H32FN5O3.C25H24FN5O/c1-20-5-11-24(12-6-20)38-28-32-16-13-25(34-28)27-26(21-7-9-22(31)10-8-21)33-19-36(27)23-14-17-35(18-15-23)29(37)39-30(2,3)4;1-17-2-8-21(9-3-17)32-25-28-15-12-22(30-25)24-23(18-4-6-19(26)7-5-18)29-16-31(24)20-10-13-27-14-11-20/h5-13,16,19,23H,14-15,17-18H2,1-4H3;2-9,12,15-16,20,27H,10-11,13-14H2,1H3. The molecular formula is C55H56F2N10O4. The molecule has 0 saturated carbocycles. The van der Waals surface area contributed by atoms with E-state index in [2.05, 4.69) is 24.4 Å². The lowest BCUT2D eigenvalue weighted by molar-refractivity contribution is 0.0189. The zero-order chi connectivity index (χ0) is 49.5. The number of likely N-dealkylation sites (tertiary alicyclic amines) is 1. The molecule has 71 heavy (non-hydrogen) atoms. The number of nitrogens with one attached hydrogen (secondary N) is 1. The van der Waals surface area contributed by atoms with Gasteiger partial charge in [-0.1, -0.05) is 35.4 Å². The lowest BCUT2D eigenvalue weighted by atomic mass is 10.0. The fourth-order valence-electron chi connectivity index (χ4n) is 8.63. The lowest BCUT2D eigenvalue weighted by Crippen LogP contribution is -2.42. The van der Waals surface area contributed by atoms with Crippen molar-refractivity contribution in [3.8, 4) is 68.8 Å². The molecule has 14 nitrogen and oxygen atoms in total. The number of halogens is 2. The Morgan fingerprint density at radius 1 is 0.577 bits per heavy atom. The molecule has 4 aromatic heterocycles. The van der Waals surface area contributed by atoms with Gasteiger partial charge >= 0.3 is 18.1 Å². The molecule has 1 amide bonds. The molecule has 364 valence electrons. The van der Waals surface area contributed by atoms with Crippen LogP contribution in [0.25, 0.3) is 45.3 Å². The van der Waals surface area contributed by atoms with Gasteiger partial charge in [0, 0.05) is 48.7 Å². The second kappa shape index (κ2) is 21.4. The van der Waals surface area contributed by atoms with Crippen LogP contribution in [0.2, 0.25) is 0 Å². The first-order valence-corrected chi connectivity index (χ1v) is 23.8. The van der Waals surface area contributed by atoms with E-state index in [1.807, 2.05) is 102 Å². The molecule has 0 spiro atoms. The van der Waals surface area contributed by atoms with Crippen LogP contribution in [-0.2, 0) is 4.74 Å². The van der Waals surface area contributed by atoms with Crippen LogP contribution in [0.3, 0.4) is 0 Å².